The van der Waals surface area contributed by atoms with Gasteiger partial charge in [-0.2, -0.15) is 5.26 Å². The minimum atomic E-state index is -0.490. The fourth-order valence-electron chi connectivity index (χ4n) is 5.08. The standard InChI is InChI=1S/C25H24F2N4O2/c26-20-5-6-22-24(12-20)30(15-29-22)14-16-1-3-18(4-2-16)25(32)31-23(7-8-33-31)19-9-17(13-28)10-21(27)11-19/h5-6,9-12,15-16,18,23H,1-4,7-8,14H2/t16-,18-,23-/m0/s1. The zero-order valence-corrected chi connectivity index (χ0v) is 18.1. The van der Waals surface area contributed by atoms with Crippen molar-refractivity contribution in [2.75, 3.05) is 6.61 Å². The number of halogens is 2. The van der Waals surface area contributed by atoms with Gasteiger partial charge in [0, 0.05) is 18.9 Å². The summed E-state index contributed by atoms with van der Waals surface area (Å²) in [6, 6.07) is 10.4. The van der Waals surface area contributed by atoms with Gasteiger partial charge in [0.05, 0.1) is 41.6 Å². The summed E-state index contributed by atoms with van der Waals surface area (Å²) in [6.07, 6.45) is 5.55. The summed E-state index contributed by atoms with van der Waals surface area (Å²) < 4.78 is 29.6. The summed E-state index contributed by atoms with van der Waals surface area (Å²) in [5.41, 5.74) is 2.38. The highest BCUT2D eigenvalue weighted by molar-refractivity contribution is 5.78. The van der Waals surface area contributed by atoms with Gasteiger partial charge in [-0.05, 0) is 73.6 Å². The molecule has 1 saturated carbocycles. The molecule has 1 aromatic heterocycles. The number of nitrogens with zero attached hydrogens (tertiary/aromatic N) is 4. The maximum atomic E-state index is 13.9. The maximum absolute atomic E-state index is 13.9. The van der Waals surface area contributed by atoms with Crippen LogP contribution in [0.3, 0.4) is 0 Å². The summed E-state index contributed by atoms with van der Waals surface area (Å²) >= 11 is 0. The number of nitriles is 1. The van der Waals surface area contributed by atoms with E-state index in [9.17, 15) is 13.6 Å². The van der Waals surface area contributed by atoms with Gasteiger partial charge >= 0.3 is 0 Å². The quantitative estimate of drug-likeness (QED) is 0.567. The van der Waals surface area contributed by atoms with E-state index in [1.165, 1.54) is 29.3 Å². The van der Waals surface area contributed by atoms with Crippen LogP contribution in [0.2, 0.25) is 0 Å². The minimum Gasteiger partial charge on any atom is -0.330 e. The summed E-state index contributed by atoms with van der Waals surface area (Å²) in [7, 11) is 0. The monoisotopic (exact) mass is 450 g/mol. The van der Waals surface area contributed by atoms with E-state index in [-0.39, 0.29) is 29.2 Å². The van der Waals surface area contributed by atoms with E-state index in [4.69, 9.17) is 10.1 Å². The van der Waals surface area contributed by atoms with E-state index in [1.54, 1.807) is 18.5 Å². The van der Waals surface area contributed by atoms with E-state index >= 15 is 0 Å². The van der Waals surface area contributed by atoms with E-state index < -0.39 is 5.82 Å². The van der Waals surface area contributed by atoms with E-state index in [2.05, 4.69) is 4.98 Å². The van der Waals surface area contributed by atoms with Crippen molar-refractivity contribution in [1.29, 1.82) is 5.26 Å². The molecule has 1 saturated heterocycles. The van der Waals surface area contributed by atoms with Crippen LogP contribution in [-0.2, 0) is 16.2 Å². The lowest BCUT2D eigenvalue weighted by Crippen LogP contribution is -2.37. The topological polar surface area (TPSA) is 71.2 Å². The Morgan fingerprint density at radius 3 is 2.70 bits per heavy atom. The van der Waals surface area contributed by atoms with E-state index in [0.29, 0.717) is 24.5 Å². The van der Waals surface area contributed by atoms with Gasteiger partial charge in [0.25, 0.3) is 0 Å². The molecule has 33 heavy (non-hydrogen) atoms. The Morgan fingerprint density at radius 2 is 1.91 bits per heavy atom. The molecule has 1 amide bonds. The number of imidazole rings is 1. The molecule has 2 aliphatic rings. The fraction of sp³-hybridized carbons (Fsp3) is 0.400. The number of amides is 1. The van der Waals surface area contributed by atoms with Crippen LogP contribution in [0.25, 0.3) is 11.0 Å². The van der Waals surface area contributed by atoms with Crippen molar-refractivity contribution in [3.63, 3.8) is 0 Å². The summed E-state index contributed by atoms with van der Waals surface area (Å²) in [5.74, 6) is -0.613. The largest absolute Gasteiger partial charge is 0.330 e. The summed E-state index contributed by atoms with van der Waals surface area (Å²) in [6.45, 7) is 1.12. The number of hydrogen-bond donors (Lipinski definition) is 0. The smallest absolute Gasteiger partial charge is 0.249 e. The van der Waals surface area contributed by atoms with Gasteiger partial charge in [-0.25, -0.2) is 18.8 Å². The first-order chi connectivity index (χ1) is 16.0. The zero-order valence-electron chi connectivity index (χ0n) is 18.1. The van der Waals surface area contributed by atoms with Crippen molar-refractivity contribution in [2.24, 2.45) is 11.8 Å². The first-order valence-electron chi connectivity index (χ1n) is 11.3. The molecule has 8 heteroatoms. The van der Waals surface area contributed by atoms with E-state index in [0.717, 1.165) is 43.3 Å². The molecule has 0 radical (unpaired) electrons. The Balaban J connectivity index is 1.23. The van der Waals surface area contributed by atoms with Crippen LogP contribution < -0.4 is 0 Å². The zero-order chi connectivity index (χ0) is 22.9. The lowest BCUT2D eigenvalue weighted by Gasteiger charge is -2.32. The molecule has 0 bridgehead atoms. The molecule has 1 aliphatic heterocycles. The Labute approximate surface area is 190 Å². The molecule has 5 rings (SSSR count). The number of aromatic nitrogens is 2. The summed E-state index contributed by atoms with van der Waals surface area (Å²) in [5, 5.41) is 10.5. The van der Waals surface area contributed by atoms with Gasteiger partial charge in [0.2, 0.25) is 5.91 Å². The third kappa shape index (κ3) is 4.33. The van der Waals surface area contributed by atoms with Gasteiger partial charge in [-0.1, -0.05) is 0 Å². The Hall–Kier alpha value is -3.31. The van der Waals surface area contributed by atoms with Crippen molar-refractivity contribution in [1.82, 2.24) is 14.6 Å². The lowest BCUT2D eigenvalue weighted by atomic mass is 9.81. The molecule has 170 valence electrons. The molecule has 2 fully saturated rings. The average molecular weight is 450 g/mol. The number of benzene rings is 2. The molecule has 1 aliphatic carbocycles. The highest BCUT2D eigenvalue weighted by Gasteiger charge is 2.37. The third-order valence-electron chi connectivity index (χ3n) is 6.79. The van der Waals surface area contributed by atoms with Crippen molar-refractivity contribution in [3.05, 3.63) is 65.5 Å². The third-order valence-corrected chi connectivity index (χ3v) is 6.79. The Kier molecular flexibility index (Phi) is 5.81. The van der Waals surface area contributed by atoms with E-state index in [1.807, 2.05) is 10.6 Å². The van der Waals surface area contributed by atoms with Crippen molar-refractivity contribution in [2.45, 2.75) is 44.7 Å². The van der Waals surface area contributed by atoms with Gasteiger partial charge in [-0.15, -0.1) is 0 Å². The number of carbonyl (C=O) groups excluding carboxylic acids is 1. The molecule has 0 N–H and O–H groups in total. The summed E-state index contributed by atoms with van der Waals surface area (Å²) in [4.78, 5) is 23.2. The SMILES string of the molecule is N#Cc1cc(F)cc([C@@H]2CCON2C(=O)[C@H]2CC[C@H](Cn3cnc4ccc(F)cc43)CC2)c1. The Morgan fingerprint density at radius 1 is 1.09 bits per heavy atom. The number of hydroxylamine groups is 2. The van der Waals surface area contributed by atoms with Gasteiger partial charge in [-0.3, -0.25) is 9.63 Å². The predicted octanol–water partition coefficient (Wildman–Crippen LogP) is 4.90. The fourth-order valence-corrected chi connectivity index (χ4v) is 5.08. The number of fused-ring (bicyclic) bond motifs is 1. The number of hydrogen-bond acceptors (Lipinski definition) is 4. The molecule has 3 aromatic rings. The molecule has 0 spiro atoms. The van der Waals surface area contributed by atoms with Crippen LogP contribution in [-0.4, -0.2) is 27.1 Å². The van der Waals surface area contributed by atoms with Crippen molar-refractivity contribution in [3.8, 4) is 6.07 Å². The Bertz CT molecular complexity index is 1230. The number of carbonyl (C=O) groups is 1. The van der Waals surface area contributed by atoms with Crippen LogP contribution >= 0.6 is 0 Å². The molecule has 2 heterocycles. The molecular weight excluding hydrogens is 426 g/mol. The highest BCUT2D eigenvalue weighted by Crippen LogP contribution is 2.37. The molecular formula is C25H24F2N4O2. The van der Waals surface area contributed by atoms with Gasteiger partial charge in [0.1, 0.15) is 11.6 Å². The maximum Gasteiger partial charge on any atom is 0.249 e. The normalized spacial score (nSPS) is 23.1. The molecule has 1 atom stereocenters. The highest BCUT2D eigenvalue weighted by atomic mass is 19.1. The van der Waals surface area contributed by atoms with Crippen LogP contribution in [0, 0.1) is 34.8 Å². The number of rotatable bonds is 4. The second-order valence-corrected chi connectivity index (χ2v) is 8.93. The predicted molar refractivity (Wildman–Crippen MR) is 116 cm³/mol. The van der Waals surface area contributed by atoms with Gasteiger partial charge in [0.15, 0.2) is 0 Å². The minimum absolute atomic E-state index is 0.0751. The van der Waals surface area contributed by atoms with Gasteiger partial charge < -0.3 is 4.57 Å². The lowest BCUT2D eigenvalue weighted by molar-refractivity contribution is -0.183. The second kappa shape index (κ2) is 8.91. The van der Waals surface area contributed by atoms with Crippen LogP contribution in [0.1, 0.15) is 49.3 Å². The average Bonchev–Trinajstić information content (AvgIpc) is 3.46. The van der Waals surface area contributed by atoms with Crippen LogP contribution in [0.5, 0.6) is 0 Å². The molecule has 6 nitrogen and oxygen atoms in total. The first kappa shape index (κ1) is 21.5. The van der Waals surface area contributed by atoms with Crippen molar-refractivity contribution < 1.29 is 18.4 Å². The second-order valence-electron chi connectivity index (χ2n) is 8.93. The first-order valence-corrected chi connectivity index (χ1v) is 11.3. The van der Waals surface area contributed by atoms with Crippen molar-refractivity contribution >= 4 is 16.9 Å². The van der Waals surface area contributed by atoms with Crippen LogP contribution in [0.15, 0.2) is 42.7 Å². The van der Waals surface area contributed by atoms with Crippen LogP contribution in [0.4, 0.5) is 8.78 Å². The molecule has 0 unspecified atom stereocenters. The molecule has 2 aromatic carbocycles.